The molecule has 0 aromatic heterocycles. The van der Waals surface area contributed by atoms with Crippen molar-refractivity contribution in [3.8, 4) is 0 Å². The third kappa shape index (κ3) is 38.8. The molecule has 0 saturated carbocycles. The van der Waals surface area contributed by atoms with Gasteiger partial charge in [0, 0.05) is 19.3 Å². The summed E-state index contributed by atoms with van der Waals surface area (Å²) in [7, 11) is 0. The maximum Gasteiger partial charge on any atom is 0.335 e. The van der Waals surface area contributed by atoms with E-state index < -0.39 is 67.3 Å². The summed E-state index contributed by atoms with van der Waals surface area (Å²) in [5.74, 6) is -3.20. The summed E-state index contributed by atoms with van der Waals surface area (Å²) in [5, 5.41) is 31.4. The SMILES string of the molecule is CC/C=C\C/C=C\C/C=C\C/C=C\CCCCCCCCC(=O)OCC(COC1OC(C(=O)O)C(O)C(O)C1OC(=O)CCCCC/C=C\C/C=C\C/C=C\CC)OC(=O)CCCCCCC/C=C\CCCC. The van der Waals surface area contributed by atoms with Crippen molar-refractivity contribution in [2.75, 3.05) is 13.2 Å². The van der Waals surface area contributed by atoms with E-state index >= 15 is 0 Å². The second-order valence-corrected chi connectivity index (χ2v) is 18.8. The number of carboxylic acid groups (broad SMARTS) is 1. The molecule has 0 aliphatic carbocycles. The van der Waals surface area contributed by atoms with Crippen LogP contribution in [0.2, 0.25) is 0 Å². The maximum atomic E-state index is 13.1. The highest BCUT2D eigenvalue weighted by Crippen LogP contribution is 2.26. The van der Waals surface area contributed by atoms with E-state index in [-0.39, 0.29) is 25.9 Å². The summed E-state index contributed by atoms with van der Waals surface area (Å²) in [5.41, 5.74) is 0. The van der Waals surface area contributed by atoms with Crippen LogP contribution in [-0.4, -0.2) is 89.2 Å². The van der Waals surface area contributed by atoms with Gasteiger partial charge < -0.3 is 39.0 Å². The normalized spacial score (nSPS) is 19.1. The summed E-state index contributed by atoms with van der Waals surface area (Å²) in [6.45, 7) is 5.67. The maximum absolute atomic E-state index is 13.1. The number of carbonyl (C=O) groups is 4. The molecular formula is C61H98O12. The Kier molecular flexibility index (Phi) is 44.4. The van der Waals surface area contributed by atoms with Crippen LogP contribution < -0.4 is 0 Å². The molecule has 0 amide bonds. The molecule has 12 nitrogen and oxygen atoms in total. The fraction of sp³-hybridized carbons (Fsp3) is 0.672. The zero-order chi connectivity index (χ0) is 53.3. The fourth-order valence-corrected chi connectivity index (χ4v) is 7.82. The number of ether oxygens (including phenoxy) is 5. The zero-order valence-electron chi connectivity index (χ0n) is 45.3. The summed E-state index contributed by atoms with van der Waals surface area (Å²) in [6, 6.07) is 0. The van der Waals surface area contributed by atoms with Crippen LogP contribution >= 0.6 is 0 Å². The quantitative estimate of drug-likeness (QED) is 0.0228. The first-order valence-electron chi connectivity index (χ1n) is 28.2. The van der Waals surface area contributed by atoms with E-state index in [9.17, 15) is 34.5 Å². The Bertz CT molecular complexity index is 1640. The van der Waals surface area contributed by atoms with E-state index in [0.29, 0.717) is 19.3 Å². The van der Waals surface area contributed by atoms with Gasteiger partial charge in [-0.25, -0.2) is 4.79 Å². The van der Waals surface area contributed by atoms with Gasteiger partial charge in [0.1, 0.15) is 18.8 Å². The summed E-state index contributed by atoms with van der Waals surface area (Å²) in [4.78, 5) is 51.0. The van der Waals surface area contributed by atoms with Crippen LogP contribution in [-0.2, 0) is 42.9 Å². The van der Waals surface area contributed by atoms with Crippen LogP contribution in [0.1, 0.15) is 213 Å². The molecule has 6 unspecified atom stereocenters. The topological polar surface area (TPSA) is 175 Å². The minimum atomic E-state index is -1.92. The number of aliphatic hydroxyl groups excluding tert-OH is 2. The highest BCUT2D eigenvalue weighted by Gasteiger charge is 2.50. The van der Waals surface area contributed by atoms with E-state index in [1.54, 1.807) is 0 Å². The van der Waals surface area contributed by atoms with Crippen LogP contribution in [0.4, 0.5) is 0 Å². The Morgan fingerprint density at radius 3 is 1.34 bits per heavy atom. The Labute approximate surface area is 441 Å². The molecule has 414 valence electrons. The number of carboxylic acids is 1. The largest absolute Gasteiger partial charge is 0.479 e. The molecule has 1 saturated heterocycles. The molecule has 6 atom stereocenters. The van der Waals surface area contributed by atoms with Gasteiger partial charge in [-0.1, -0.05) is 182 Å². The summed E-state index contributed by atoms with van der Waals surface area (Å²) >= 11 is 0. The molecule has 1 rings (SSSR count). The predicted molar refractivity (Wildman–Crippen MR) is 294 cm³/mol. The lowest BCUT2D eigenvalue weighted by Gasteiger charge is -2.40. The number of rotatable bonds is 46. The van der Waals surface area contributed by atoms with E-state index in [2.05, 4.69) is 118 Å². The van der Waals surface area contributed by atoms with Crippen molar-refractivity contribution in [1.82, 2.24) is 0 Å². The van der Waals surface area contributed by atoms with Crippen LogP contribution in [0, 0.1) is 0 Å². The van der Waals surface area contributed by atoms with Crippen LogP contribution in [0.25, 0.3) is 0 Å². The van der Waals surface area contributed by atoms with Gasteiger partial charge in [-0.3, -0.25) is 14.4 Å². The standard InChI is InChI=1S/C61H98O12/c1-4-7-10-13-16-19-22-24-25-26-27-28-29-31-33-35-38-41-44-47-53(62)69-50-52(71-54(63)48-45-42-39-36-32-21-18-15-12-9-6-3)51-70-61-59(57(66)56(65)58(73-61)60(67)68)72-55(64)49-46-43-40-37-34-30-23-20-17-14-11-8-5-2/h7-8,10-11,15-20,24-25,27-28,30,34,52,56-59,61,65-66H,4-6,9,12-14,21-23,26,29,31-33,35-51H2,1-3H3,(H,67,68)/b10-7-,11-8-,18-15-,19-16-,20-17-,25-24-,28-27-,34-30-. The number of hydrogen-bond acceptors (Lipinski definition) is 11. The Morgan fingerprint density at radius 1 is 0.466 bits per heavy atom. The molecule has 0 bridgehead atoms. The van der Waals surface area contributed by atoms with Gasteiger partial charge in [-0.2, -0.15) is 0 Å². The number of unbranched alkanes of at least 4 members (excludes halogenated alkanes) is 16. The second kappa shape index (κ2) is 48.6. The molecule has 1 aliphatic rings. The van der Waals surface area contributed by atoms with Gasteiger partial charge in [0.2, 0.25) is 0 Å². The average molecular weight is 1020 g/mol. The minimum absolute atomic E-state index is 0.0189. The van der Waals surface area contributed by atoms with Gasteiger partial charge in [0.15, 0.2) is 24.6 Å². The second-order valence-electron chi connectivity index (χ2n) is 18.8. The Morgan fingerprint density at radius 2 is 0.863 bits per heavy atom. The first-order chi connectivity index (χ1) is 35.6. The number of aliphatic hydroxyl groups is 2. The average Bonchev–Trinajstić information content (AvgIpc) is 3.37. The Hall–Kier alpha value is -4.36. The minimum Gasteiger partial charge on any atom is -0.479 e. The fourth-order valence-electron chi connectivity index (χ4n) is 7.82. The summed E-state index contributed by atoms with van der Waals surface area (Å²) in [6.07, 6.45) is 51.1. The van der Waals surface area contributed by atoms with Gasteiger partial charge in [0.25, 0.3) is 0 Å². The monoisotopic (exact) mass is 1020 g/mol. The smallest absolute Gasteiger partial charge is 0.335 e. The molecule has 0 spiro atoms. The van der Waals surface area contributed by atoms with Crippen LogP contribution in [0.5, 0.6) is 0 Å². The molecular weight excluding hydrogens is 925 g/mol. The summed E-state index contributed by atoms with van der Waals surface area (Å²) < 4.78 is 28.3. The number of aliphatic carboxylic acids is 1. The number of esters is 3. The van der Waals surface area contributed by atoms with E-state index in [1.807, 2.05) is 0 Å². The third-order valence-corrected chi connectivity index (χ3v) is 12.1. The highest BCUT2D eigenvalue weighted by atomic mass is 16.7. The van der Waals surface area contributed by atoms with Crippen molar-refractivity contribution < 1.29 is 58.2 Å². The van der Waals surface area contributed by atoms with E-state index in [4.69, 9.17) is 23.7 Å². The molecule has 12 heteroatoms. The molecule has 1 heterocycles. The molecule has 1 aliphatic heterocycles. The molecule has 1 fully saturated rings. The number of carbonyl (C=O) groups excluding carboxylic acids is 3. The lowest BCUT2D eigenvalue weighted by molar-refractivity contribution is -0.301. The first-order valence-corrected chi connectivity index (χ1v) is 28.2. The molecule has 0 radical (unpaired) electrons. The lowest BCUT2D eigenvalue weighted by atomic mass is 9.98. The zero-order valence-corrected chi connectivity index (χ0v) is 45.3. The highest BCUT2D eigenvalue weighted by molar-refractivity contribution is 5.74. The van der Waals surface area contributed by atoms with Crippen molar-refractivity contribution in [2.24, 2.45) is 0 Å². The third-order valence-electron chi connectivity index (χ3n) is 12.1. The van der Waals surface area contributed by atoms with Crippen molar-refractivity contribution in [2.45, 2.75) is 250 Å². The predicted octanol–water partition coefficient (Wildman–Crippen LogP) is 14.1. The van der Waals surface area contributed by atoms with Crippen LogP contribution in [0.15, 0.2) is 97.2 Å². The van der Waals surface area contributed by atoms with E-state index in [0.717, 1.165) is 141 Å². The number of hydrogen-bond donors (Lipinski definition) is 3. The van der Waals surface area contributed by atoms with Crippen molar-refractivity contribution >= 4 is 23.9 Å². The van der Waals surface area contributed by atoms with Crippen molar-refractivity contribution in [3.63, 3.8) is 0 Å². The lowest BCUT2D eigenvalue weighted by Crippen LogP contribution is -2.61. The molecule has 73 heavy (non-hydrogen) atoms. The molecule has 0 aromatic rings. The van der Waals surface area contributed by atoms with Gasteiger partial charge in [-0.15, -0.1) is 0 Å². The van der Waals surface area contributed by atoms with Gasteiger partial charge in [-0.05, 0) is 109 Å². The number of allylic oxidation sites excluding steroid dienone is 16. The van der Waals surface area contributed by atoms with E-state index in [1.165, 1.54) is 12.8 Å². The molecule has 3 N–H and O–H groups in total. The molecule has 0 aromatic carbocycles. The van der Waals surface area contributed by atoms with Crippen LogP contribution in [0.3, 0.4) is 0 Å². The van der Waals surface area contributed by atoms with Gasteiger partial charge >= 0.3 is 23.9 Å². The van der Waals surface area contributed by atoms with Gasteiger partial charge in [0.05, 0.1) is 6.61 Å². The Balaban J connectivity index is 2.71. The van der Waals surface area contributed by atoms with Crippen molar-refractivity contribution in [1.29, 1.82) is 0 Å². The first kappa shape index (κ1) is 66.7. The van der Waals surface area contributed by atoms with Crippen molar-refractivity contribution in [3.05, 3.63) is 97.2 Å².